The van der Waals surface area contributed by atoms with Crippen molar-refractivity contribution < 1.29 is 4.79 Å². The van der Waals surface area contributed by atoms with Crippen molar-refractivity contribution in [2.24, 2.45) is 0 Å². The standard InChI is InChI=1S/C14H13BrO2/c1-7(2)9-4-10(16)6-12-11(5-9)13(15)8(3)14(12)17/h4-7H,1-3H3. The molecule has 0 aromatic heterocycles. The second-order valence-corrected chi connectivity index (χ2v) is 5.38. The van der Waals surface area contributed by atoms with Gasteiger partial charge in [-0.2, -0.15) is 0 Å². The minimum atomic E-state index is -0.113. The summed E-state index contributed by atoms with van der Waals surface area (Å²) >= 11 is 3.43. The van der Waals surface area contributed by atoms with Crippen molar-refractivity contribution in [1.29, 1.82) is 0 Å². The minimum Gasteiger partial charge on any atom is -0.290 e. The molecule has 0 N–H and O–H groups in total. The van der Waals surface area contributed by atoms with E-state index in [2.05, 4.69) is 15.9 Å². The molecule has 0 atom stereocenters. The smallest absolute Gasteiger partial charge is 0.190 e. The van der Waals surface area contributed by atoms with Crippen LogP contribution in [0.2, 0.25) is 0 Å². The molecule has 3 heteroatoms. The molecule has 0 bridgehead atoms. The Bertz CT molecular complexity index is 598. The van der Waals surface area contributed by atoms with Gasteiger partial charge in [0.15, 0.2) is 11.2 Å². The number of fused-ring (bicyclic) bond motifs is 1. The summed E-state index contributed by atoms with van der Waals surface area (Å²) in [4.78, 5) is 23.7. The first-order valence-corrected chi connectivity index (χ1v) is 6.32. The Labute approximate surface area is 108 Å². The van der Waals surface area contributed by atoms with Gasteiger partial charge in [-0.25, -0.2) is 0 Å². The fourth-order valence-electron chi connectivity index (χ4n) is 1.92. The van der Waals surface area contributed by atoms with Crippen molar-refractivity contribution >= 4 is 26.2 Å². The average Bonchev–Trinajstić information content (AvgIpc) is 2.46. The van der Waals surface area contributed by atoms with Gasteiger partial charge in [0.2, 0.25) is 0 Å². The van der Waals surface area contributed by atoms with E-state index in [9.17, 15) is 9.59 Å². The lowest BCUT2D eigenvalue weighted by Crippen LogP contribution is -2.00. The zero-order chi connectivity index (χ0) is 12.7. The van der Waals surface area contributed by atoms with Gasteiger partial charge in [-0.3, -0.25) is 9.59 Å². The molecule has 1 aliphatic rings. The fourth-order valence-corrected chi connectivity index (χ4v) is 2.43. The Kier molecular flexibility index (Phi) is 3.04. The van der Waals surface area contributed by atoms with Crippen LogP contribution in [-0.4, -0.2) is 5.78 Å². The minimum absolute atomic E-state index is 0.0603. The Morgan fingerprint density at radius 2 is 1.71 bits per heavy atom. The number of ketones is 1. The molecule has 0 spiro atoms. The Balaban J connectivity index is 2.82. The maximum atomic E-state index is 12.0. The van der Waals surface area contributed by atoms with E-state index in [-0.39, 0.29) is 17.1 Å². The molecule has 1 aromatic rings. The fraction of sp³-hybridized carbons (Fsp3) is 0.286. The van der Waals surface area contributed by atoms with Gasteiger partial charge in [-0.05, 0) is 52.5 Å². The summed E-state index contributed by atoms with van der Waals surface area (Å²) in [5.74, 6) is 0.199. The molecule has 0 fully saturated rings. The molecule has 0 saturated heterocycles. The number of halogens is 1. The highest BCUT2D eigenvalue weighted by molar-refractivity contribution is 9.15. The highest BCUT2D eigenvalue weighted by Gasteiger charge is 2.25. The number of hydrogen-bond donors (Lipinski definition) is 0. The maximum absolute atomic E-state index is 12.0. The van der Waals surface area contributed by atoms with Gasteiger partial charge >= 0.3 is 0 Å². The van der Waals surface area contributed by atoms with Gasteiger partial charge in [-0.15, -0.1) is 0 Å². The Morgan fingerprint density at radius 3 is 2.29 bits per heavy atom. The predicted molar refractivity (Wildman–Crippen MR) is 72.7 cm³/mol. The zero-order valence-electron chi connectivity index (χ0n) is 10.0. The van der Waals surface area contributed by atoms with Crippen LogP contribution < -0.4 is 5.43 Å². The van der Waals surface area contributed by atoms with E-state index in [1.165, 1.54) is 6.07 Å². The summed E-state index contributed by atoms with van der Waals surface area (Å²) in [5.41, 5.74) is 2.85. The van der Waals surface area contributed by atoms with Crippen LogP contribution in [0.25, 0.3) is 4.48 Å². The molecule has 0 unspecified atom stereocenters. The topological polar surface area (TPSA) is 34.1 Å². The molecule has 1 aliphatic carbocycles. The molecule has 0 amide bonds. The van der Waals surface area contributed by atoms with Crippen LogP contribution in [0.3, 0.4) is 0 Å². The van der Waals surface area contributed by atoms with Crippen LogP contribution in [0.1, 0.15) is 48.2 Å². The van der Waals surface area contributed by atoms with Gasteiger partial charge in [0, 0.05) is 21.2 Å². The maximum Gasteiger partial charge on any atom is 0.190 e. The first-order chi connectivity index (χ1) is 7.91. The largest absolute Gasteiger partial charge is 0.290 e. The number of hydrogen-bond acceptors (Lipinski definition) is 2. The van der Waals surface area contributed by atoms with Crippen LogP contribution in [-0.2, 0) is 0 Å². The van der Waals surface area contributed by atoms with Gasteiger partial charge in [0.25, 0.3) is 0 Å². The van der Waals surface area contributed by atoms with E-state index in [0.29, 0.717) is 11.1 Å². The number of carbonyl (C=O) groups excluding carboxylic acids is 1. The van der Waals surface area contributed by atoms with E-state index in [1.807, 2.05) is 19.9 Å². The molecule has 0 radical (unpaired) electrons. The van der Waals surface area contributed by atoms with Gasteiger partial charge in [-0.1, -0.05) is 13.8 Å². The molecular weight excluding hydrogens is 280 g/mol. The predicted octanol–water partition coefficient (Wildman–Crippen LogP) is 3.49. The molecule has 88 valence electrons. The summed E-state index contributed by atoms with van der Waals surface area (Å²) in [6.07, 6.45) is 0. The number of Topliss-reactive ketones (excluding diaryl/α,β-unsaturated/α-hetero) is 1. The molecular formula is C14H13BrO2. The average molecular weight is 293 g/mol. The molecule has 0 heterocycles. The van der Waals surface area contributed by atoms with Gasteiger partial charge in [0.05, 0.1) is 0 Å². The highest BCUT2D eigenvalue weighted by atomic mass is 79.9. The van der Waals surface area contributed by atoms with Crippen molar-refractivity contribution in [3.63, 3.8) is 0 Å². The first kappa shape index (κ1) is 12.2. The lowest BCUT2D eigenvalue weighted by atomic mass is 10.0. The van der Waals surface area contributed by atoms with Crippen molar-refractivity contribution in [2.45, 2.75) is 26.7 Å². The van der Waals surface area contributed by atoms with E-state index >= 15 is 0 Å². The van der Waals surface area contributed by atoms with Crippen LogP contribution in [0.4, 0.5) is 0 Å². The quantitative estimate of drug-likeness (QED) is 0.794. The van der Waals surface area contributed by atoms with Gasteiger partial charge in [0.1, 0.15) is 0 Å². The zero-order valence-corrected chi connectivity index (χ0v) is 11.6. The molecule has 0 aliphatic heterocycles. The molecule has 17 heavy (non-hydrogen) atoms. The van der Waals surface area contributed by atoms with Crippen molar-refractivity contribution in [2.75, 3.05) is 0 Å². The van der Waals surface area contributed by atoms with Crippen molar-refractivity contribution in [3.05, 3.63) is 50.7 Å². The third-order valence-electron chi connectivity index (χ3n) is 3.01. The SMILES string of the molecule is CC1=C(Br)c2cc(C(C)C)cc(=O)cc2C1=O. The van der Waals surface area contributed by atoms with Crippen molar-refractivity contribution in [1.82, 2.24) is 0 Å². The van der Waals surface area contributed by atoms with Crippen LogP contribution in [0.15, 0.2) is 28.6 Å². The van der Waals surface area contributed by atoms with Crippen LogP contribution in [0, 0.1) is 0 Å². The van der Waals surface area contributed by atoms with Crippen LogP contribution in [0.5, 0.6) is 0 Å². The molecule has 0 saturated carbocycles. The third kappa shape index (κ3) is 2.00. The van der Waals surface area contributed by atoms with Crippen molar-refractivity contribution in [3.8, 4) is 0 Å². The second-order valence-electron chi connectivity index (χ2n) is 4.59. The third-order valence-corrected chi connectivity index (χ3v) is 4.04. The van der Waals surface area contributed by atoms with E-state index in [0.717, 1.165) is 15.6 Å². The van der Waals surface area contributed by atoms with E-state index in [4.69, 9.17) is 0 Å². The van der Waals surface area contributed by atoms with Gasteiger partial charge < -0.3 is 0 Å². The highest BCUT2D eigenvalue weighted by Crippen LogP contribution is 2.36. The number of allylic oxidation sites excluding steroid dienone is 1. The number of carbonyl (C=O) groups is 1. The molecule has 1 aromatic carbocycles. The summed E-state index contributed by atoms with van der Waals surface area (Å²) in [7, 11) is 0. The molecule has 2 rings (SSSR count). The first-order valence-electron chi connectivity index (χ1n) is 5.52. The monoisotopic (exact) mass is 292 g/mol. The summed E-state index contributed by atoms with van der Waals surface area (Å²) in [6, 6.07) is 4.97. The summed E-state index contributed by atoms with van der Waals surface area (Å²) in [5, 5.41) is 0. The second kappa shape index (κ2) is 4.22. The Hall–Kier alpha value is -1.22. The summed E-state index contributed by atoms with van der Waals surface area (Å²) < 4.78 is 0.801. The molecule has 2 nitrogen and oxygen atoms in total. The lowest BCUT2D eigenvalue weighted by molar-refractivity contribution is 0.103. The van der Waals surface area contributed by atoms with E-state index < -0.39 is 0 Å². The Morgan fingerprint density at radius 1 is 1.06 bits per heavy atom. The van der Waals surface area contributed by atoms with E-state index in [1.54, 1.807) is 13.0 Å². The van der Waals surface area contributed by atoms with Crippen LogP contribution >= 0.6 is 15.9 Å². The lowest BCUT2D eigenvalue weighted by Gasteiger charge is -2.02. The number of rotatable bonds is 1. The summed E-state index contributed by atoms with van der Waals surface area (Å²) in [6.45, 7) is 5.83. The normalized spacial score (nSPS) is 14.5.